The lowest BCUT2D eigenvalue weighted by atomic mass is 10.5. The predicted octanol–water partition coefficient (Wildman–Crippen LogP) is 1.35. The van der Waals surface area contributed by atoms with Gasteiger partial charge in [0.15, 0.2) is 0 Å². The first-order valence-electron chi connectivity index (χ1n) is 4.27. The van der Waals surface area contributed by atoms with Gasteiger partial charge in [-0.15, -0.1) is 0 Å². The lowest BCUT2D eigenvalue weighted by Crippen LogP contribution is -2.23. The number of thioether (sulfide) groups is 1. The first-order chi connectivity index (χ1) is 6.09. The van der Waals surface area contributed by atoms with E-state index < -0.39 is 22.0 Å². The molecule has 0 aliphatic carbocycles. The van der Waals surface area contributed by atoms with E-state index in [4.69, 9.17) is 5.11 Å². The molecule has 2 atom stereocenters. The molecule has 0 aromatic carbocycles. The number of aliphatic carboxylic acids is 1. The monoisotopic (exact) mass is 224 g/mol. The third-order valence-corrected chi connectivity index (χ3v) is 4.25. The van der Waals surface area contributed by atoms with Gasteiger partial charge in [0.05, 0.1) is 0 Å². The van der Waals surface area contributed by atoms with Crippen molar-refractivity contribution in [3.63, 3.8) is 0 Å². The molecule has 0 fully saturated rings. The van der Waals surface area contributed by atoms with Crippen LogP contribution in [0.4, 0.5) is 0 Å². The first-order valence-corrected chi connectivity index (χ1v) is 6.81. The van der Waals surface area contributed by atoms with Gasteiger partial charge in [-0.1, -0.05) is 6.92 Å². The van der Waals surface area contributed by atoms with Crippen LogP contribution >= 0.6 is 11.8 Å². The molecule has 3 nitrogen and oxygen atoms in total. The lowest BCUT2D eigenvalue weighted by Gasteiger charge is -2.05. The summed E-state index contributed by atoms with van der Waals surface area (Å²) in [5, 5.41) is 7.83. The number of hydrogen-bond donors (Lipinski definition) is 1. The molecule has 0 aliphatic heterocycles. The number of rotatable bonds is 7. The molecule has 0 bridgehead atoms. The molecule has 0 aliphatic rings. The Labute approximate surface area is 85.7 Å². The van der Waals surface area contributed by atoms with Crippen LogP contribution in [0.3, 0.4) is 0 Å². The van der Waals surface area contributed by atoms with Crippen molar-refractivity contribution < 1.29 is 14.1 Å². The van der Waals surface area contributed by atoms with E-state index in [2.05, 4.69) is 6.92 Å². The summed E-state index contributed by atoms with van der Waals surface area (Å²) in [4.78, 5) is 10.4. The van der Waals surface area contributed by atoms with E-state index in [-0.39, 0.29) is 0 Å². The highest BCUT2D eigenvalue weighted by atomic mass is 32.2. The van der Waals surface area contributed by atoms with E-state index in [1.807, 2.05) is 0 Å². The molecule has 0 radical (unpaired) electrons. The molecule has 0 spiro atoms. The van der Waals surface area contributed by atoms with Gasteiger partial charge in [-0.05, 0) is 24.9 Å². The van der Waals surface area contributed by atoms with Gasteiger partial charge >= 0.3 is 5.97 Å². The molecule has 1 N–H and O–H groups in total. The summed E-state index contributed by atoms with van der Waals surface area (Å²) < 4.78 is 11.3. The van der Waals surface area contributed by atoms with Gasteiger partial charge < -0.3 is 5.11 Å². The normalized spacial score (nSPS) is 15.2. The van der Waals surface area contributed by atoms with E-state index in [1.165, 1.54) is 6.92 Å². The number of hydrogen-bond acceptors (Lipinski definition) is 3. The summed E-state index contributed by atoms with van der Waals surface area (Å²) in [5.74, 6) is 1.55. The minimum Gasteiger partial charge on any atom is -0.480 e. The number of carboxylic acid groups (broad SMARTS) is 1. The Morgan fingerprint density at radius 3 is 2.69 bits per heavy atom. The van der Waals surface area contributed by atoms with Crippen LogP contribution in [0.15, 0.2) is 0 Å². The van der Waals surface area contributed by atoms with Crippen LogP contribution in [0.2, 0.25) is 0 Å². The zero-order valence-electron chi connectivity index (χ0n) is 7.99. The van der Waals surface area contributed by atoms with Gasteiger partial charge in [0.2, 0.25) is 0 Å². The molecule has 0 saturated carbocycles. The molecular weight excluding hydrogens is 208 g/mol. The van der Waals surface area contributed by atoms with Crippen LogP contribution < -0.4 is 0 Å². The van der Waals surface area contributed by atoms with Crippen molar-refractivity contribution in [2.75, 3.05) is 17.3 Å². The molecule has 13 heavy (non-hydrogen) atoms. The SMILES string of the molecule is CCSCCCS(=O)C(C)C(=O)O. The summed E-state index contributed by atoms with van der Waals surface area (Å²) in [6.07, 6.45) is 0.836. The van der Waals surface area contributed by atoms with Gasteiger partial charge in [-0.2, -0.15) is 11.8 Å². The van der Waals surface area contributed by atoms with Crippen LogP contribution in [0.25, 0.3) is 0 Å². The van der Waals surface area contributed by atoms with Gasteiger partial charge in [0.1, 0.15) is 5.25 Å². The van der Waals surface area contributed by atoms with E-state index in [0.717, 1.165) is 17.9 Å². The molecule has 0 saturated heterocycles. The van der Waals surface area contributed by atoms with Crippen molar-refractivity contribution in [1.82, 2.24) is 0 Å². The molecule has 78 valence electrons. The molecule has 0 heterocycles. The Kier molecular flexibility index (Phi) is 7.36. The minimum atomic E-state index is -1.21. The molecule has 2 unspecified atom stereocenters. The zero-order valence-corrected chi connectivity index (χ0v) is 9.62. The highest BCUT2D eigenvalue weighted by molar-refractivity contribution is 7.99. The van der Waals surface area contributed by atoms with E-state index in [1.54, 1.807) is 11.8 Å². The summed E-state index contributed by atoms with van der Waals surface area (Å²) in [7, 11) is -1.21. The summed E-state index contributed by atoms with van der Waals surface area (Å²) >= 11 is 1.79. The largest absolute Gasteiger partial charge is 0.480 e. The molecule has 0 aromatic rings. The average Bonchev–Trinajstić information content (AvgIpc) is 2.10. The summed E-state index contributed by atoms with van der Waals surface area (Å²) in [6, 6.07) is 0. The summed E-state index contributed by atoms with van der Waals surface area (Å²) in [6.45, 7) is 3.56. The van der Waals surface area contributed by atoms with Crippen LogP contribution in [0.1, 0.15) is 20.3 Å². The number of carbonyl (C=O) groups is 1. The Bertz CT molecular complexity index is 182. The van der Waals surface area contributed by atoms with Crippen LogP contribution in [-0.2, 0) is 15.6 Å². The highest BCUT2D eigenvalue weighted by Gasteiger charge is 2.17. The van der Waals surface area contributed by atoms with Gasteiger partial charge in [0.25, 0.3) is 0 Å². The Morgan fingerprint density at radius 1 is 1.62 bits per heavy atom. The van der Waals surface area contributed by atoms with E-state index >= 15 is 0 Å². The second kappa shape index (κ2) is 7.38. The average molecular weight is 224 g/mol. The lowest BCUT2D eigenvalue weighted by molar-refractivity contribution is -0.136. The van der Waals surface area contributed by atoms with Crippen molar-refractivity contribution in [1.29, 1.82) is 0 Å². The predicted molar refractivity (Wildman–Crippen MR) is 57.7 cm³/mol. The third kappa shape index (κ3) is 6.10. The van der Waals surface area contributed by atoms with Gasteiger partial charge in [0, 0.05) is 16.6 Å². The number of carboxylic acids is 1. The maximum absolute atomic E-state index is 11.3. The molecule has 0 rings (SSSR count). The molecule has 0 amide bonds. The molecular formula is C8H16O3S2. The van der Waals surface area contributed by atoms with E-state index in [9.17, 15) is 9.00 Å². The first kappa shape index (κ1) is 13.0. The van der Waals surface area contributed by atoms with Crippen molar-refractivity contribution in [3.8, 4) is 0 Å². The van der Waals surface area contributed by atoms with Crippen molar-refractivity contribution in [3.05, 3.63) is 0 Å². The van der Waals surface area contributed by atoms with Crippen molar-refractivity contribution in [2.45, 2.75) is 25.5 Å². The quantitative estimate of drug-likeness (QED) is 0.663. The Morgan fingerprint density at radius 2 is 2.23 bits per heavy atom. The minimum absolute atomic E-state index is 0.500. The second-order valence-electron chi connectivity index (χ2n) is 2.62. The molecule has 0 aromatic heterocycles. The van der Waals surface area contributed by atoms with Gasteiger partial charge in [-0.3, -0.25) is 9.00 Å². The fourth-order valence-electron chi connectivity index (χ4n) is 0.737. The third-order valence-electron chi connectivity index (χ3n) is 1.58. The van der Waals surface area contributed by atoms with Crippen LogP contribution in [0.5, 0.6) is 0 Å². The molecule has 5 heteroatoms. The standard InChI is InChI=1S/C8H16O3S2/c1-3-12-5-4-6-13(11)7(2)8(9)10/h7H,3-6H2,1-2H3,(H,9,10). The van der Waals surface area contributed by atoms with Crippen LogP contribution in [0, 0.1) is 0 Å². The van der Waals surface area contributed by atoms with Gasteiger partial charge in [-0.25, -0.2) is 0 Å². The second-order valence-corrected chi connectivity index (χ2v) is 5.89. The zero-order chi connectivity index (χ0) is 10.3. The van der Waals surface area contributed by atoms with Crippen molar-refractivity contribution >= 4 is 28.5 Å². The Balaban J connectivity index is 3.56. The smallest absolute Gasteiger partial charge is 0.318 e. The van der Waals surface area contributed by atoms with Crippen molar-refractivity contribution in [2.24, 2.45) is 0 Å². The topological polar surface area (TPSA) is 54.4 Å². The van der Waals surface area contributed by atoms with Crippen LogP contribution in [-0.4, -0.2) is 37.8 Å². The fourth-order valence-corrected chi connectivity index (χ4v) is 2.56. The Hall–Kier alpha value is -0.0300. The highest BCUT2D eigenvalue weighted by Crippen LogP contribution is 2.04. The maximum atomic E-state index is 11.3. The van der Waals surface area contributed by atoms with E-state index in [0.29, 0.717) is 5.75 Å². The maximum Gasteiger partial charge on any atom is 0.318 e. The summed E-state index contributed by atoms with van der Waals surface area (Å²) in [5.41, 5.74) is 0. The fraction of sp³-hybridized carbons (Fsp3) is 0.875.